The predicted octanol–water partition coefficient (Wildman–Crippen LogP) is 3.00. The summed E-state index contributed by atoms with van der Waals surface area (Å²) in [6.07, 6.45) is 0. The first-order chi connectivity index (χ1) is 14.0. The number of aromatic nitrogens is 2. The zero-order valence-corrected chi connectivity index (χ0v) is 17.2. The van der Waals surface area contributed by atoms with Gasteiger partial charge in [-0.1, -0.05) is 24.3 Å². The van der Waals surface area contributed by atoms with Crippen LogP contribution in [0, 0.1) is 13.8 Å². The number of rotatable bonds is 3. The summed E-state index contributed by atoms with van der Waals surface area (Å²) in [5, 5.41) is 0. The van der Waals surface area contributed by atoms with E-state index in [1.165, 1.54) is 16.8 Å². The number of piperazine rings is 1. The molecule has 6 nitrogen and oxygen atoms in total. The van der Waals surface area contributed by atoms with E-state index in [0.29, 0.717) is 25.2 Å². The second-order valence-electron chi connectivity index (χ2n) is 7.57. The molecule has 1 aliphatic rings. The van der Waals surface area contributed by atoms with Gasteiger partial charge in [0.2, 0.25) is 0 Å². The molecule has 0 bridgehead atoms. The molecule has 2 heterocycles. The van der Waals surface area contributed by atoms with Crippen LogP contribution in [0.1, 0.15) is 28.5 Å². The lowest BCUT2D eigenvalue weighted by Crippen LogP contribution is -2.50. The van der Waals surface area contributed by atoms with Crippen LogP contribution in [0.3, 0.4) is 0 Å². The standard InChI is InChI=1S/C23H26N4O2/c1-4-27-19-8-6-5-7-18(19)24-21(23(27)29)22(28)26-13-11-25(12-14-26)20-15-16(2)9-10-17(20)3/h5-10,15H,4,11-14H2,1-3H3. The Morgan fingerprint density at radius 1 is 1.03 bits per heavy atom. The SMILES string of the molecule is CCn1c(=O)c(C(=O)N2CCN(c3cc(C)ccc3C)CC2)nc2ccccc21. The van der Waals surface area contributed by atoms with Crippen LogP contribution in [0.15, 0.2) is 47.3 Å². The summed E-state index contributed by atoms with van der Waals surface area (Å²) in [5.74, 6) is -0.274. The molecule has 1 aromatic heterocycles. The lowest BCUT2D eigenvalue weighted by Gasteiger charge is -2.36. The first-order valence-electron chi connectivity index (χ1n) is 10.1. The molecule has 0 atom stereocenters. The molecule has 0 saturated carbocycles. The summed E-state index contributed by atoms with van der Waals surface area (Å²) in [5.41, 5.74) is 4.82. The molecule has 0 radical (unpaired) electrons. The van der Waals surface area contributed by atoms with Gasteiger partial charge in [-0.3, -0.25) is 9.59 Å². The van der Waals surface area contributed by atoms with Gasteiger partial charge in [-0.25, -0.2) is 4.98 Å². The molecule has 1 fully saturated rings. The highest BCUT2D eigenvalue weighted by Crippen LogP contribution is 2.23. The van der Waals surface area contributed by atoms with E-state index in [4.69, 9.17) is 0 Å². The van der Waals surface area contributed by atoms with Gasteiger partial charge < -0.3 is 14.4 Å². The molecule has 150 valence electrons. The predicted molar refractivity (Wildman–Crippen MR) is 116 cm³/mol. The minimum Gasteiger partial charge on any atom is -0.368 e. The normalized spacial score (nSPS) is 14.4. The van der Waals surface area contributed by atoms with E-state index in [0.717, 1.165) is 18.6 Å². The van der Waals surface area contributed by atoms with Crippen molar-refractivity contribution in [3.63, 3.8) is 0 Å². The summed E-state index contributed by atoms with van der Waals surface area (Å²) < 4.78 is 1.63. The van der Waals surface area contributed by atoms with Crippen LogP contribution < -0.4 is 10.5 Å². The number of fused-ring (bicyclic) bond motifs is 1. The van der Waals surface area contributed by atoms with Crippen LogP contribution in [-0.2, 0) is 6.54 Å². The van der Waals surface area contributed by atoms with Crippen LogP contribution in [0.4, 0.5) is 5.69 Å². The Morgan fingerprint density at radius 2 is 1.76 bits per heavy atom. The minimum absolute atomic E-state index is 0.0192. The van der Waals surface area contributed by atoms with Crippen molar-refractivity contribution in [3.05, 3.63) is 69.6 Å². The molecule has 29 heavy (non-hydrogen) atoms. The summed E-state index contributed by atoms with van der Waals surface area (Å²) in [4.78, 5) is 34.5. The van der Waals surface area contributed by atoms with Gasteiger partial charge in [0.25, 0.3) is 11.5 Å². The molecule has 0 spiro atoms. The van der Waals surface area contributed by atoms with Gasteiger partial charge in [0.1, 0.15) is 0 Å². The molecule has 1 aliphatic heterocycles. The molecule has 2 aromatic carbocycles. The second-order valence-corrected chi connectivity index (χ2v) is 7.57. The van der Waals surface area contributed by atoms with E-state index in [9.17, 15) is 9.59 Å². The molecule has 1 amide bonds. The summed E-state index contributed by atoms with van der Waals surface area (Å²) in [6.45, 7) is 9.24. The van der Waals surface area contributed by atoms with Crippen molar-refractivity contribution in [2.24, 2.45) is 0 Å². The van der Waals surface area contributed by atoms with Crippen molar-refractivity contribution < 1.29 is 4.79 Å². The Bertz CT molecular complexity index is 1130. The molecule has 4 rings (SSSR count). The molecule has 0 unspecified atom stereocenters. The fourth-order valence-corrected chi connectivity index (χ4v) is 4.01. The van der Waals surface area contributed by atoms with Crippen molar-refractivity contribution in [1.29, 1.82) is 0 Å². The van der Waals surface area contributed by atoms with Gasteiger partial charge >= 0.3 is 0 Å². The second kappa shape index (κ2) is 7.70. The van der Waals surface area contributed by atoms with E-state index >= 15 is 0 Å². The highest BCUT2D eigenvalue weighted by molar-refractivity contribution is 5.94. The van der Waals surface area contributed by atoms with Gasteiger partial charge in [0.15, 0.2) is 5.69 Å². The summed E-state index contributed by atoms with van der Waals surface area (Å²) in [6, 6.07) is 13.9. The zero-order chi connectivity index (χ0) is 20.5. The highest BCUT2D eigenvalue weighted by atomic mass is 16.2. The number of aryl methyl sites for hydroxylation is 3. The van der Waals surface area contributed by atoms with Gasteiger partial charge in [0, 0.05) is 38.4 Å². The Hall–Kier alpha value is -3.15. The van der Waals surface area contributed by atoms with Gasteiger partial charge in [-0.2, -0.15) is 0 Å². The van der Waals surface area contributed by atoms with Crippen LogP contribution >= 0.6 is 0 Å². The molecule has 6 heteroatoms. The van der Waals surface area contributed by atoms with E-state index in [-0.39, 0.29) is 17.2 Å². The topological polar surface area (TPSA) is 58.4 Å². The third kappa shape index (κ3) is 3.50. The molecule has 0 aliphatic carbocycles. The average molecular weight is 390 g/mol. The smallest absolute Gasteiger partial charge is 0.282 e. The van der Waals surface area contributed by atoms with Crippen molar-refractivity contribution in [2.75, 3.05) is 31.1 Å². The monoisotopic (exact) mass is 390 g/mol. The third-order valence-electron chi connectivity index (χ3n) is 5.64. The molecule has 0 N–H and O–H groups in total. The molecule has 1 saturated heterocycles. The molecular formula is C23H26N4O2. The number of benzene rings is 2. The van der Waals surface area contributed by atoms with E-state index < -0.39 is 0 Å². The van der Waals surface area contributed by atoms with Crippen molar-refractivity contribution in [3.8, 4) is 0 Å². The number of amides is 1. The van der Waals surface area contributed by atoms with Gasteiger partial charge in [-0.15, -0.1) is 0 Å². The van der Waals surface area contributed by atoms with Crippen molar-refractivity contribution >= 4 is 22.6 Å². The van der Waals surface area contributed by atoms with Crippen LogP contribution in [0.25, 0.3) is 11.0 Å². The van der Waals surface area contributed by atoms with Crippen LogP contribution in [-0.4, -0.2) is 46.5 Å². The largest absolute Gasteiger partial charge is 0.368 e. The Balaban J connectivity index is 1.58. The lowest BCUT2D eigenvalue weighted by molar-refractivity contribution is 0.0738. The Kier molecular flexibility index (Phi) is 5.09. The number of carbonyl (C=O) groups excluding carboxylic acids is 1. The number of hydrogen-bond acceptors (Lipinski definition) is 4. The summed E-state index contributed by atoms with van der Waals surface area (Å²) >= 11 is 0. The fourth-order valence-electron chi connectivity index (χ4n) is 4.01. The minimum atomic E-state index is -0.312. The third-order valence-corrected chi connectivity index (χ3v) is 5.64. The van der Waals surface area contributed by atoms with E-state index in [1.54, 1.807) is 9.47 Å². The Morgan fingerprint density at radius 3 is 2.48 bits per heavy atom. The Labute approximate surface area is 170 Å². The van der Waals surface area contributed by atoms with Gasteiger partial charge in [0.05, 0.1) is 11.0 Å². The number of carbonyl (C=O) groups is 1. The maximum Gasteiger partial charge on any atom is 0.282 e. The zero-order valence-electron chi connectivity index (χ0n) is 17.2. The maximum absolute atomic E-state index is 13.1. The highest BCUT2D eigenvalue weighted by Gasteiger charge is 2.26. The number of para-hydroxylation sites is 2. The summed E-state index contributed by atoms with van der Waals surface area (Å²) in [7, 11) is 0. The average Bonchev–Trinajstić information content (AvgIpc) is 2.75. The van der Waals surface area contributed by atoms with Crippen molar-refractivity contribution in [1.82, 2.24) is 14.5 Å². The van der Waals surface area contributed by atoms with Crippen molar-refractivity contribution in [2.45, 2.75) is 27.3 Å². The van der Waals surface area contributed by atoms with Crippen LogP contribution in [0.2, 0.25) is 0 Å². The first kappa shape index (κ1) is 19.2. The molecular weight excluding hydrogens is 364 g/mol. The van der Waals surface area contributed by atoms with E-state index in [1.807, 2.05) is 31.2 Å². The number of nitrogens with zero attached hydrogens (tertiary/aromatic N) is 4. The maximum atomic E-state index is 13.1. The fraction of sp³-hybridized carbons (Fsp3) is 0.348. The number of anilines is 1. The first-order valence-corrected chi connectivity index (χ1v) is 10.1. The lowest BCUT2D eigenvalue weighted by atomic mass is 10.1. The van der Waals surface area contributed by atoms with Gasteiger partial charge in [-0.05, 0) is 50.1 Å². The van der Waals surface area contributed by atoms with Crippen LogP contribution in [0.5, 0.6) is 0 Å². The molecule has 3 aromatic rings. The number of hydrogen-bond donors (Lipinski definition) is 0. The quantitative estimate of drug-likeness (QED) is 0.690. The van der Waals surface area contributed by atoms with E-state index in [2.05, 4.69) is 41.9 Å².